The minimum atomic E-state index is 0.0478. The van der Waals surface area contributed by atoms with Crippen molar-refractivity contribution < 1.29 is 9.84 Å². The van der Waals surface area contributed by atoms with E-state index in [1.54, 1.807) is 7.11 Å². The lowest BCUT2D eigenvalue weighted by Gasteiger charge is -2.11. The van der Waals surface area contributed by atoms with Crippen molar-refractivity contribution >= 4 is 11.6 Å². The van der Waals surface area contributed by atoms with E-state index in [9.17, 15) is 5.11 Å². The van der Waals surface area contributed by atoms with Gasteiger partial charge in [0.15, 0.2) is 0 Å². The van der Waals surface area contributed by atoms with Gasteiger partial charge < -0.3 is 15.2 Å². The van der Waals surface area contributed by atoms with Crippen LogP contribution in [0.1, 0.15) is 22.3 Å². The van der Waals surface area contributed by atoms with Crippen LogP contribution in [0.5, 0.6) is 5.75 Å². The Hall–Kier alpha value is -1.55. The molecule has 118 valence electrons. The van der Waals surface area contributed by atoms with Crippen molar-refractivity contribution in [2.24, 2.45) is 0 Å². The Morgan fingerprint density at radius 3 is 2.64 bits per heavy atom. The summed E-state index contributed by atoms with van der Waals surface area (Å²) in [6.07, 6.45) is 0.844. The summed E-state index contributed by atoms with van der Waals surface area (Å²) in [6, 6.07) is 11.8. The van der Waals surface area contributed by atoms with Gasteiger partial charge in [0.05, 0.1) is 13.7 Å². The Labute approximate surface area is 136 Å². The highest BCUT2D eigenvalue weighted by molar-refractivity contribution is 6.30. The fourth-order valence-corrected chi connectivity index (χ4v) is 2.81. The van der Waals surface area contributed by atoms with Crippen LogP contribution in [0, 0.1) is 6.92 Å². The van der Waals surface area contributed by atoms with Crippen molar-refractivity contribution in [3.8, 4) is 5.75 Å². The quantitative estimate of drug-likeness (QED) is 0.768. The first-order valence-corrected chi connectivity index (χ1v) is 7.73. The standard InChI is InChI=1S/C18H22ClNO2/c1-13-7-15(10-17(19)8-13)11-20-6-5-16-9-14(12-21)3-4-18(16)22-2/h3-4,7-10,20-21H,5-6,11-12H2,1-2H3. The number of aliphatic hydroxyl groups is 1. The minimum Gasteiger partial charge on any atom is -0.496 e. The fourth-order valence-electron chi connectivity index (χ4n) is 2.50. The van der Waals surface area contributed by atoms with Gasteiger partial charge in [-0.25, -0.2) is 0 Å². The molecule has 0 bridgehead atoms. The van der Waals surface area contributed by atoms with Crippen LogP contribution in [0.2, 0.25) is 5.02 Å². The SMILES string of the molecule is COc1ccc(CO)cc1CCNCc1cc(C)cc(Cl)c1. The zero-order valence-corrected chi connectivity index (χ0v) is 13.8. The summed E-state index contributed by atoms with van der Waals surface area (Å²) in [4.78, 5) is 0. The topological polar surface area (TPSA) is 41.5 Å². The molecule has 3 nitrogen and oxygen atoms in total. The number of aryl methyl sites for hydroxylation is 1. The average Bonchev–Trinajstić information content (AvgIpc) is 2.50. The Morgan fingerprint density at radius 2 is 1.95 bits per heavy atom. The number of hydrogen-bond donors (Lipinski definition) is 2. The molecule has 0 heterocycles. The normalized spacial score (nSPS) is 10.7. The predicted molar refractivity (Wildman–Crippen MR) is 90.5 cm³/mol. The maximum absolute atomic E-state index is 9.23. The van der Waals surface area contributed by atoms with Crippen molar-refractivity contribution in [2.45, 2.75) is 26.5 Å². The van der Waals surface area contributed by atoms with E-state index in [-0.39, 0.29) is 6.61 Å². The molecule has 0 aliphatic rings. The van der Waals surface area contributed by atoms with Crippen molar-refractivity contribution in [1.82, 2.24) is 5.32 Å². The van der Waals surface area contributed by atoms with Gasteiger partial charge in [-0.1, -0.05) is 23.7 Å². The first kappa shape index (κ1) is 16.8. The number of aliphatic hydroxyl groups excluding tert-OH is 1. The smallest absolute Gasteiger partial charge is 0.122 e. The Kier molecular flexibility index (Phi) is 6.25. The summed E-state index contributed by atoms with van der Waals surface area (Å²) >= 11 is 6.06. The minimum absolute atomic E-state index is 0.0478. The Balaban J connectivity index is 1.90. The van der Waals surface area contributed by atoms with Gasteiger partial charge in [-0.05, 0) is 66.4 Å². The van der Waals surface area contributed by atoms with Crippen molar-refractivity contribution in [3.63, 3.8) is 0 Å². The molecule has 2 N–H and O–H groups in total. The molecule has 4 heteroatoms. The number of halogens is 1. The third-order valence-corrected chi connectivity index (χ3v) is 3.75. The molecule has 22 heavy (non-hydrogen) atoms. The van der Waals surface area contributed by atoms with Gasteiger partial charge >= 0.3 is 0 Å². The first-order chi connectivity index (χ1) is 10.6. The number of nitrogens with one attached hydrogen (secondary N) is 1. The maximum Gasteiger partial charge on any atom is 0.122 e. The molecule has 0 saturated heterocycles. The monoisotopic (exact) mass is 319 g/mol. The molecular formula is C18H22ClNO2. The van der Waals surface area contributed by atoms with Gasteiger partial charge in [-0.3, -0.25) is 0 Å². The number of rotatable bonds is 7. The molecule has 0 amide bonds. The van der Waals surface area contributed by atoms with Gasteiger partial charge in [-0.2, -0.15) is 0 Å². The average molecular weight is 320 g/mol. The molecule has 0 spiro atoms. The van der Waals surface area contributed by atoms with E-state index in [0.717, 1.165) is 41.4 Å². The van der Waals surface area contributed by atoms with Gasteiger partial charge in [0, 0.05) is 11.6 Å². The highest BCUT2D eigenvalue weighted by atomic mass is 35.5. The zero-order valence-electron chi connectivity index (χ0n) is 13.0. The first-order valence-electron chi connectivity index (χ1n) is 7.36. The molecule has 0 atom stereocenters. The van der Waals surface area contributed by atoms with E-state index in [0.29, 0.717) is 0 Å². The van der Waals surface area contributed by atoms with E-state index < -0.39 is 0 Å². The second kappa shape index (κ2) is 8.18. The van der Waals surface area contributed by atoms with E-state index >= 15 is 0 Å². The van der Waals surface area contributed by atoms with Crippen molar-refractivity contribution in [2.75, 3.05) is 13.7 Å². The molecule has 0 radical (unpaired) electrons. The highest BCUT2D eigenvalue weighted by Gasteiger charge is 2.04. The van der Waals surface area contributed by atoms with E-state index in [4.69, 9.17) is 16.3 Å². The summed E-state index contributed by atoms with van der Waals surface area (Å²) < 4.78 is 5.36. The lowest BCUT2D eigenvalue weighted by Crippen LogP contribution is -2.17. The van der Waals surface area contributed by atoms with Crippen LogP contribution in [-0.2, 0) is 19.6 Å². The lowest BCUT2D eigenvalue weighted by atomic mass is 10.1. The van der Waals surface area contributed by atoms with Gasteiger partial charge in [0.1, 0.15) is 5.75 Å². The third kappa shape index (κ3) is 4.73. The molecule has 0 aliphatic carbocycles. The maximum atomic E-state index is 9.23. The van der Waals surface area contributed by atoms with Crippen LogP contribution in [0.3, 0.4) is 0 Å². The lowest BCUT2D eigenvalue weighted by molar-refractivity contribution is 0.281. The summed E-state index contributed by atoms with van der Waals surface area (Å²) in [5.41, 5.74) is 4.35. The van der Waals surface area contributed by atoms with Crippen LogP contribution in [0.25, 0.3) is 0 Å². The molecule has 0 aliphatic heterocycles. The van der Waals surface area contributed by atoms with E-state index in [1.165, 1.54) is 11.1 Å². The summed E-state index contributed by atoms with van der Waals surface area (Å²) in [6.45, 7) is 3.70. The molecular weight excluding hydrogens is 298 g/mol. The van der Waals surface area contributed by atoms with Crippen LogP contribution >= 0.6 is 11.6 Å². The van der Waals surface area contributed by atoms with Gasteiger partial charge in [-0.15, -0.1) is 0 Å². The van der Waals surface area contributed by atoms with E-state index in [1.807, 2.05) is 37.3 Å². The van der Waals surface area contributed by atoms with Crippen LogP contribution in [0.15, 0.2) is 36.4 Å². The Morgan fingerprint density at radius 1 is 1.14 bits per heavy atom. The zero-order chi connectivity index (χ0) is 15.9. The predicted octanol–water partition coefficient (Wildman–Crippen LogP) is 3.48. The summed E-state index contributed by atoms with van der Waals surface area (Å²) in [5, 5.41) is 13.4. The van der Waals surface area contributed by atoms with Gasteiger partial charge in [0.2, 0.25) is 0 Å². The number of methoxy groups -OCH3 is 1. The van der Waals surface area contributed by atoms with Crippen molar-refractivity contribution in [1.29, 1.82) is 0 Å². The second-order valence-electron chi connectivity index (χ2n) is 5.37. The second-order valence-corrected chi connectivity index (χ2v) is 5.80. The highest BCUT2D eigenvalue weighted by Crippen LogP contribution is 2.20. The Bertz CT molecular complexity index is 608. The number of benzene rings is 2. The van der Waals surface area contributed by atoms with E-state index in [2.05, 4.69) is 11.4 Å². The van der Waals surface area contributed by atoms with Crippen LogP contribution in [0.4, 0.5) is 0 Å². The molecule has 2 aromatic carbocycles. The molecule has 2 rings (SSSR count). The summed E-state index contributed by atoms with van der Waals surface area (Å²) in [7, 11) is 1.67. The van der Waals surface area contributed by atoms with Crippen LogP contribution in [-0.4, -0.2) is 18.8 Å². The largest absolute Gasteiger partial charge is 0.496 e. The third-order valence-electron chi connectivity index (χ3n) is 3.53. The molecule has 0 saturated carbocycles. The fraction of sp³-hybridized carbons (Fsp3) is 0.333. The molecule has 0 unspecified atom stereocenters. The summed E-state index contributed by atoms with van der Waals surface area (Å²) in [5.74, 6) is 0.859. The molecule has 0 fully saturated rings. The number of ether oxygens (including phenoxy) is 1. The molecule has 2 aromatic rings. The van der Waals surface area contributed by atoms with Gasteiger partial charge in [0.25, 0.3) is 0 Å². The molecule has 0 aromatic heterocycles. The van der Waals surface area contributed by atoms with Crippen molar-refractivity contribution in [3.05, 3.63) is 63.7 Å². The van der Waals surface area contributed by atoms with Crippen LogP contribution < -0.4 is 10.1 Å². The number of hydrogen-bond acceptors (Lipinski definition) is 3.